The molecule has 1 aliphatic heterocycles. The maximum absolute atomic E-state index is 6.67. The van der Waals surface area contributed by atoms with Gasteiger partial charge < -0.3 is 9.16 Å². The maximum atomic E-state index is 6.67. The van der Waals surface area contributed by atoms with Gasteiger partial charge in [-0.25, -0.2) is 0 Å². The fourth-order valence-electron chi connectivity index (χ4n) is 4.73. The fourth-order valence-corrected chi connectivity index (χ4v) is 5.34. The smallest absolute Gasteiger partial charge is 0.204 e. The second-order valence-corrected chi connectivity index (χ2v) is 10.7. The Balaban J connectivity index is 1.91. The van der Waals surface area contributed by atoms with Crippen LogP contribution < -0.4 is 9.16 Å². The molecule has 1 aromatic rings. The van der Waals surface area contributed by atoms with Gasteiger partial charge in [-0.1, -0.05) is 34.9 Å². The SMILES string of the molecule is CC(C)=CCC/C(C)=C/CC/C(C)=C/CC[C@]1(C)CCc2c(C)c(O[SiH3])c(C)c(C)c2O1. The largest absolute Gasteiger partial charge is 0.553 e. The van der Waals surface area contributed by atoms with Crippen LogP contribution in [0.25, 0.3) is 0 Å². The molecule has 0 radical (unpaired) electrons. The molecule has 0 aliphatic carbocycles. The van der Waals surface area contributed by atoms with Crippen molar-refractivity contribution in [2.45, 2.75) is 112 Å². The van der Waals surface area contributed by atoms with Gasteiger partial charge in [-0.05, 0) is 123 Å². The van der Waals surface area contributed by atoms with Crippen molar-refractivity contribution < 1.29 is 9.16 Å². The molecule has 3 heteroatoms. The van der Waals surface area contributed by atoms with Crippen LogP contribution in [0.2, 0.25) is 0 Å². The number of hydrogen-bond donors (Lipinski definition) is 0. The number of allylic oxidation sites excluding steroid dienone is 6. The average molecular weight is 455 g/mol. The van der Waals surface area contributed by atoms with Gasteiger partial charge in [0, 0.05) is 5.56 Å². The summed E-state index contributed by atoms with van der Waals surface area (Å²) >= 11 is 0. The van der Waals surface area contributed by atoms with Crippen molar-refractivity contribution in [3.63, 3.8) is 0 Å². The number of ether oxygens (including phenoxy) is 1. The third-order valence-corrected chi connectivity index (χ3v) is 7.46. The molecule has 1 atom stereocenters. The molecule has 0 unspecified atom stereocenters. The summed E-state index contributed by atoms with van der Waals surface area (Å²) < 4.78 is 12.5. The molecule has 0 saturated carbocycles. The lowest BCUT2D eigenvalue weighted by molar-refractivity contribution is 0.0559. The van der Waals surface area contributed by atoms with E-state index in [4.69, 9.17) is 9.16 Å². The van der Waals surface area contributed by atoms with E-state index < -0.39 is 0 Å². The van der Waals surface area contributed by atoms with E-state index in [1.54, 1.807) is 0 Å². The van der Waals surface area contributed by atoms with Crippen LogP contribution in [-0.2, 0) is 6.42 Å². The van der Waals surface area contributed by atoms with Crippen molar-refractivity contribution in [2.24, 2.45) is 0 Å². The lowest BCUT2D eigenvalue weighted by atomic mass is 9.85. The first-order valence-electron chi connectivity index (χ1n) is 12.4. The average Bonchev–Trinajstić information content (AvgIpc) is 2.72. The highest BCUT2D eigenvalue weighted by atomic mass is 28.2. The molecule has 0 saturated heterocycles. The summed E-state index contributed by atoms with van der Waals surface area (Å²) in [7, 11) is 0.724. The molecule has 0 aromatic heterocycles. The summed E-state index contributed by atoms with van der Waals surface area (Å²) in [5, 5.41) is 0. The highest BCUT2D eigenvalue weighted by molar-refractivity contribution is 6.00. The third kappa shape index (κ3) is 7.13. The van der Waals surface area contributed by atoms with Crippen molar-refractivity contribution in [3.8, 4) is 11.5 Å². The van der Waals surface area contributed by atoms with Crippen molar-refractivity contribution in [1.82, 2.24) is 0 Å². The first-order chi connectivity index (χ1) is 15.1. The van der Waals surface area contributed by atoms with Crippen LogP contribution in [0.5, 0.6) is 11.5 Å². The van der Waals surface area contributed by atoms with E-state index in [0.29, 0.717) is 0 Å². The highest BCUT2D eigenvalue weighted by Crippen LogP contribution is 2.44. The molecule has 0 amide bonds. The summed E-state index contributed by atoms with van der Waals surface area (Å²) in [6.45, 7) is 17.7. The van der Waals surface area contributed by atoms with E-state index in [0.717, 1.165) is 66.9 Å². The van der Waals surface area contributed by atoms with Crippen molar-refractivity contribution in [2.75, 3.05) is 0 Å². The van der Waals surface area contributed by atoms with Gasteiger partial charge in [-0.3, -0.25) is 0 Å². The fraction of sp³-hybridized carbons (Fsp3) is 0.586. The first-order valence-corrected chi connectivity index (χ1v) is 13.2. The lowest BCUT2D eigenvalue weighted by Crippen LogP contribution is -2.37. The minimum atomic E-state index is -0.0851. The van der Waals surface area contributed by atoms with Gasteiger partial charge in [-0.2, -0.15) is 0 Å². The Kier molecular flexibility index (Phi) is 9.88. The van der Waals surface area contributed by atoms with Gasteiger partial charge in [0.05, 0.1) is 0 Å². The lowest BCUT2D eigenvalue weighted by Gasteiger charge is -2.38. The van der Waals surface area contributed by atoms with Gasteiger partial charge in [0.25, 0.3) is 0 Å². The summed E-state index contributed by atoms with van der Waals surface area (Å²) in [5.41, 5.74) is 9.46. The normalized spacial score (nSPS) is 18.9. The minimum Gasteiger partial charge on any atom is -0.553 e. The Bertz CT molecular complexity index is 887. The summed E-state index contributed by atoms with van der Waals surface area (Å²) in [5.74, 6) is 2.20. The monoisotopic (exact) mass is 454 g/mol. The minimum absolute atomic E-state index is 0.0851. The van der Waals surface area contributed by atoms with E-state index in [1.807, 2.05) is 0 Å². The van der Waals surface area contributed by atoms with Crippen molar-refractivity contribution >= 4 is 10.5 Å². The quantitative estimate of drug-likeness (QED) is 0.268. The van der Waals surface area contributed by atoms with E-state index in [-0.39, 0.29) is 5.60 Å². The van der Waals surface area contributed by atoms with Gasteiger partial charge in [0.15, 0.2) is 0 Å². The van der Waals surface area contributed by atoms with Gasteiger partial charge in [-0.15, -0.1) is 0 Å². The summed E-state index contributed by atoms with van der Waals surface area (Å²) in [6.07, 6.45) is 16.1. The molecule has 0 spiro atoms. The Morgan fingerprint density at radius 3 is 2.09 bits per heavy atom. The predicted octanol–water partition coefficient (Wildman–Crippen LogP) is 7.55. The molecule has 1 heterocycles. The summed E-state index contributed by atoms with van der Waals surface area (Å²) in [6, 6.07) is 0. The van der Waals surface area contributed by atoms with Crippen LogP contribution in [0.4, 0.5) is 0 Å². The molecule has 2 rings (SSSR count). The zero-order valence-corrected chi connectivity index (χ0v) is 24.2. The number of fused-ring (bicyclic) bond motifs is 1. The molecule has 0 fully saturated rings. The van der Waals surface area contributed by atoms with Gasteiger partial charge in [0.1, 0.15) is 17.1 Å². The number of rotatable bonds is 10. The Hall–Kier alpha value is -1.74. The van der Waals surface area contributed by atoms with Gasteiger partial charge in [0.2, 0.25) is 10.5 Å². The molecule has 1 aromatic carbocycles. The van der Waals surface area contributed by atoms with Crippen LogP contribution >= 0.6 is 0 Å². The molecule has 32 heavy (non-hydrogen) atoms. The van der Waals surface area contributed by atoms with Crippen LogP contribution in [0, 0.1) is 20.8 Å². The second-order valence-electron chi connectivity index (χ2n) is 10.3. The predicted molar refractivity (Wildman–Crippen MR) is 143 cm³/mol. The number of hydrogen-bond acceptors (Lipinski definition) is 2. The van der Waals surface area contributed by atoms with E-state index in [9.17, 15) is 0 Å². The zero-order chi connectivity index (χ0) is 23.9. The topological polar surface area (TPSA) is 18.5 Å². The molecule has 178 valence electrons. The molecule has 0 bridgehead atoms. The maximum Gasteiger partial charge on any atom is 0.204 e. The van der Waals surface area contributed by atoms with Gasteiger partial charge >= 0.3 is 0 Å². The van der Waals surface area contributed by atoms with Crippen LogP contribution in [-0.4, -0.2) is 16.1 Å². The second kappa shape index (κ2) is 11.9. The first kappa shape index (κ1) is 26.5. The Morgan fingerprint density at radius 2 is 1.50 bits per heavy atom. The van der Waals surface area contributed by atoms with Crippen molar-refractivity contribution in [1.29, 1.82) is 0 Å². The van der Waals surface area contributed by atoms with Crippen LogP contribution in [0.3, 0.4) is 0 Å². The third-order valence-electron chi connectivity index (χ3n) is 7.06. The zero-order valence-electron chi connectivity index (χ0n) is 22.2. The molecule has 2 nitrogen and oxygen atoms in total. The number of benzene rings is 1. The highest BCUT2D eigenvalue weighted by Gasteiger charge is 2.34. The molecule has 1 aliphatic rings. The van der Waals surface area contributed by atoms with Crippen LogP contribution in [0.1, 0.15) is 102 Å². The van der Waals surface area contributed by atoms with E-state index in [2.05, 4.69) is 73.6 Å². The Morgan fingerprint density at radius 1 is 0.906 bits per heavy atom. The standard InChI is InChI=1S/C29H46O2Si/c1-20(2)12-9-13-21(3)14-10-15-22(4)16-11-18-29(8)19-17-26-25(7)27(31-32)23(5)24(6)28(26)30-29/h12,14,16H,9-11,13,15,17-19H2,1-8,32H3/b21-14+,22-16+/t29-/m1/s1. The Labute approximate surface area is 200 Å². The summed E-state index contributed by atoms with van der Waals surface area (Å²) in [4.78, 5) is 0. The molecular weight excluding hydrogens is 408 g/mol. The molecule has 0 N–H and O–H groups in total. The van der Waals surface area contributed by atoms with E-state index in [1.165, 1.54) is 45.4 Å². The van der Waals surface area contributed by atoms with Crippen molar-refractivity contribution in [3.05, 3.63) is 57.2 Å². The molecular formula is C29H46O2Si. The van der Waals surface area contributed by atoms with Crippen LogP contribution in [0.15, 0.2) is 34.9 Å². The van der Waals surface area contributed by atoms with E-state index >= 15 is 0 Å².